The zero-order chi connectivity index (χ0) is 37.5. The summed E-state index contributed by atoms with van der Waals surface area (Å²) in [6, 6.07) is 62.8. The standard InChI is InChI=1S/C51H30N4O2/c1-2-11-31(12-3-1)49-52-50(34-13-10-14-36(27-34)55-43-18-7-4-15-37(43)38-16-5-8-19-44(38)55)54-51(53-49)35-22-25-41-42-28-32(23-26-46(42)57-48(41)30-35)33-21-24-40-39-17-6-9-20-45(39)56-47(40)29-33/h1-30H. The highest BCUT2D eigenvalue weighted by atomic mass is 16.3. The Hall–Kier alpha value is -7.83. The van der Waals surface area contributed by atoms with Crippen LogP contribution in [-0.2, 0) is 0 Å². The SMILES string of the molecule is c1ccc(-c2nc(-c3cccc(-n4c5ccccc5c5ccccc54)c3)nc(-c3ccc4c(c3)oc3ccc(-c5ccc6c(c5)oc5ccccc56)cc34)n2)cc1. The minimum absolute atomic E-state index is 0.573. The zero-order valence-electron chi connectivity index (χ0n) is 30.4. The highest BCUT2D eigenvalue weighted by Crippen LogP contribution is 2.38. The summed E-state index contributed by atoms with van der Waals surface area (Å²) in [4.78, 5) is 15.2. The number of hydrogen-bond donors (Lipinski definition) is 0. The molecule has 57 heavy (non-hydrogen) atoms. The summed E-state index contributed by atoms with van der Waals surface area (Å²) in [6.45, 7) is 0. The molecule has 8 aromatic carbocycles. The van der Waals surface area contributed by atoms with Crippen molar-refractivity contribution in [3.05, 3.63) is 182 Å². The van der Waals surface area contributed by atoms with Gasteiger partial charge in [0.15, 0.2) is 17.5 Å². The number of nitrogens with zero attached hydrogens (tertiary/aromatic N) is 4. The quantitative estimate of drug-likeness (QED) is 0.176. The fourth-order valence-electron chi connectivity index (χ4n) is 8.34. The molecule has 0 saturated carbocycles. The lowest BCUT2D eigenvalue weighted by atomic mass is 10.0. The van der Waals surface area contributed by atoms with Crippen LogP contribution in [0.2, 0.25) is 0 Å². The first-order valence-electron chi connectivity index (χ1n) is 19.0. The Morgan fingerprint density at radius 3 is 1.53 bits per heavy atom. The molecule has 0 amide bonds. The van der Waals surface area contributed by atoms with Crippen molar-refractivity contribution in [2.45, 2.75) is 0 Å². The Kier molecular flexibility index (Phi) is 6.83. The fraction of sp³-hybridized carbons (Fsp3) is 0. The molecule has 0 radical (unpaired) electrons. The molecule has 4 heterocycles. The van der Waals surface area contributed by atoms with Crippen molar-refractivity contribution in [2.75, 3.05) is 0 Å². The predicted octanol–water partition coefficient (Wildman–Crippen LogP) is 13.4. The maximum atomic E-state index is 6.48. The highest BCUT2D eigenvalue weighted by Gasteiger charge is 2.18. The van der Waals surface area contributed by atoms with E-state index in [4.69, 9.17) is 23.8 Å². The van der Waals surface area contributed by atoms with Crippen LogP contribution < -0.4 is 0 Å². The molecule has 0 N–H and O–H groups in total. The minimum Gasteiger partial charge on any atom is -0.456 e. The first kappa shape index (κ1) is 31.5. The van der Waals surface area contributed by atoms with Crippen molar-refractivity contribution < 1.29 is 8.83 Å². The van der Waals surface area contributed by atoms with Gasteiger partial charge in [-0.15, -0.1) is 0 Å². The number of furan rings is 2. The van der Waals surface area contributed by atoms with Gasteiger partial charge in [0.2, 0.25) is 0 Å². The van der Waals surface area contributed by atoms with E-state index in [1.807, 2.05) is 60.7 Å². The molecule has 12 rings (SSSR count). The summed E-state index contributed by atoms with van der Waals surface area (Å²) >= 11 is 0. The molecule has 0 fully saturated rings. The second kappa shape index (κ2) is 12.3. The number of hydrogen-bond acceptors (Lipinski definition) is 5. The summed E-state index contributed by atoms with van der Waals surface area (Å²) in [5.41, 5.74) is 11.5. The fourth-order valence-corrected chi connectivity index (χ4v) is 8.34. The number of benzene rings is 8. The lowest BCUT2D eigenvalue weighted by molar-refractivity contribution is 0.669. The lowest BCUT2D eigenvalue weighted by Gasteiger charge is -2.11. The molecular formula is C51H30N4O2. The number of fused-ring (bicyclic) bond motifs is 9. The van der Waals surface area contributed by atoms with Gasteiger partial charge >= 0.3 is 0 Å². The molecule has 0 unspecified atom stereocenters. The molecule has 0 aliphatic carbocycles. The van der Waals surface area contributed by atoms with Gasteiger partial charge in [0.1, 0.15) is 22.3 Å². The Bertz CT molecular complexity index is 3490. The molecule has 0 spiro atoms. The van der Waals surface area contributed by atoms with Crippen LogP contribution in [-0.4, -0.2) is 19.5 Å². The van der Waals surface area contributed by atoms with Crippen molar-refractivity contribution in [3.63, 3.8) is 0 Å². The van der Waals surface area contributed by atoms with E-state index in [0.717, 1.165) is 88.4 Å². The van der Waals surface area contributed by atoms with Gasteiger partial charge in [-0.25, -0.2) is 15.0 Å². The van der Waals surface area contributed by atoms with Crippen LogP contribution >= 0.6 is 0 Å². The highest BCUT2D eigenvalue weighted by molar-refractivity contribution is 6.10. The predicted molar refractivity (Wildman–Crippen MR) is 230 cm³/mol. The van der Waals surface area contributed by atoms with Crippen LogP contribution in [0.3, 0.4) is 0 Å². The van der Waals surface area contributed by atoms with E-state index >= 15 is 0 Å². The maximum absolute atomic E-state index is 6.48. The number of aromatic nitrogens is 4. The van der Waals surface area contributed by atoms with Crippen molar-refractivity contribution in [1.29, 1.82) is 0 Å². The molecule has 6 nitrogen and oxygen atoms in total. The average molecular weight is 731 g/mol. The van der Waals surface area contributed by atoms with Crippen molar-refractivity contribution in [1.82, 2.24) is 19.5 Å². The van der Waals surface area contributed by atoms with Gasteiger partial charge in [0.05, 0.1) is 11.0 Å². The molecule has 0 saturated heterocycles. The van der Waals surface area contributed by atoms with E-state index in [1.165, 1.54) is 10.8 Å². The van der Waals surface area contributed by atoms with E-state index in [-0.39, 0.29) is 0 Å². The summed E-state index contributed by atoms with van der Waals surface area (Å²) < 4.78 is 15.0. The van der Waals surface area contributed by atoms with Gasteiger partial charge in [0, 0.05) is 54.7 Å². The Labute approximate surface area is 325 Å². The summed E-state index contributed by atoms with van der Waals surface area (Å²) in [7, 11) is 0. The Morgan fingerprint density at radius 2 is 0.789 bits per heavy atom. The van der Waals surface area contributed by atoms with Crippen molar-refractivity contribution >= 4 is 65.7 Å². The van der Waals surface area contributed by atoms with Crippen LogP contribution in [0.1, 0.15) is 0 Å². The first-order chi connectivity index (χ1) is 28.2. The third-order valence-corrected chi connectivity index (χ3v) is 11.1. The maximum Gasteiger partial charge on any atom is 0.164 e. The zero-order valence-corrected chi connectivity index (χ0v) is 30.4. The average Bonchev–Trinajstić information content (AvgIpc) is 3.95. The molecule has 4 aromatic heterocycles. The molecule has 0 atom stereocenters. The summed E-state index contributed by atoms with van der Waals surface area (Å²) in [5.74, 6) is 1.77. The largest absolute Gasteiger partial charge is 0.456 e. The normalized spacial score (nSPS) is 11.9. The van der Waals surface area contributed by atoms with Crippen LogP contribution in [0.25, 0.3) is 117 Å². The van der Waals surface area contributed by atoms with E-state index in [2.05, 4.69) is 126 Å². The Morgan fingerprint density at radius 1 is 0.298 bits per heavy atom. The molecule has 12 aromatic rings. The van der Waals surface area contributed by atoms with Gasteiger partial charge < -0.3 is 13.4 Å². The third-order valence-electron chi connectivity index (χ3n) is 11.1. The number of para-hydroxylation sites is 3. The van der Waals surface area contributed by atoms with Crippen molar-refractivity contribution in [3.8, 4) is 51.0 Å². The molecule has 0 aliphatic rings. The van der Waals surface area contributed by atoms with Crippen LogP contribution in [0.4, 0.5) is 0 Å². The van der Waals surface area contributed by atoms with Crippen LogP contribution in [0.15, 0.2) is 191 Å². The molecule has 0 bridgehead atoms. The van der Waals surface area contributed by atoms with Gasteiger partial charge in [0.25, 0.3) is 0 Å². The minimum atomic E-state index is 0.573. The molecule has 6 heteroatoms. The van der Waals surface area contributed by atoms with E-state index in [9.17, 15) is 0 Å². The smallest absolute Gasteiger partial charge is 0.164 e. The Balaban J connectivity index is 0.967. The second-order valence-electron chi connectivity index (χ2n) is 14.4. The van der Waals surface area contributed by atoms with Gasteiger partial charge in [-0.2, -0.15) is 0 Å². The van der Waals surface area contributed by atoms with Gasteiger partial charge in [-0.1, -0.05) is 115 Å². The topological polar surface area (TPSA) is 69.9 Å². The van der Waals surface area contributed by atoms with Crippen LogP contribution in [0, 0.1) is 0 Å². The molecule has 266 valence electrons. The molecule has 0 aliphatic heterocycles. The van der Waals surface area contributed by atoms with Crippen LogP contribution in [0.5, 0.6) is 0 Å². The molecular weight excluding hydrogens is 701 g/mol. The third kappa shape index (κ3) is 5.08. The monoisotopic (exact) mass is 730 g/mol. The van der Waals surface area contributed by atoms with Gasteiger partial charge in [-0.3, -0.25) is 0 Å². The summed E-state index contributed by atoms with van der Waals surface area (Å²) in [6.07, 6.45) is 0. The lowest BCUT2D eigenvalue weighted by Crippen LogP contribution is -2.01. The van der Waals surface area contributed by atoms with E-state index < -0.39 is 0 Å². The van der Waals surface area contributed by atoms with Crippen molar-refractivity contribution in [2.24, 2.45) is 0 Å². The number of rotatable bonds is 5. The van der Waals surface area contributed by atoms with Gasteiger partial charge in [-0.05, 0) is 77.9 Å². The first-order valence-corrected chi connectivity index (χ1v) is 19.0. The van der Waals surface area contributed by atoms with E-state index in [1.54, 1.807) is 0 Å². The second-order valence-corrected chi connectivity index (χ2v) is 14.4. The van der Waals surface area contributed by atoms with E-state index in [0.29, 0.717) is 17.5 Å². The summed E-state index contributed by atoms with van der Waals surface area (Å²) in [5, 5.41) is 6.74.